The minimum absolute atomic E-state index is 0.111. The van der Waals surface area contributed by atoms with E-state index in [0.717, 1.165) is 5.56 Å². The van der Waals surface area contributed by atoms with Gasteiger partial charge in [0.15, 0.2) is 0 Å². The SMILES string of the molecule is CC(CO)(CO)NCc1cccc2ccc3c4ccccc4ccc3c12. The largest absolute Gasteiger partial charge is 0.394 e. The highest BCUT2D eigenvalue weighted by Crippen LogP contribution is 2.33. The van der Waals surface area contributed by atoms with Crippen LogP contribution < -0.4 is 5.32 Å². The van der Waals surface area contributed by atoms with Gasteiger partial charge in [-0.2, -0.15) is 0 Å². The Balaban J connectivity index is 1.91. The molecule has 0 bridgehead atoms. The van der Waals surface area contributed by atoms with Gasteiger partial charge in [-0.3, -0.25) is 0 Å². The normalized spacial score (nSPS) is 12.3. The second-order valence-electron chi connectivity index (χ2n) is 7.19. The van der Waals surface area contributed by atoms with Crippen LogP contribution in [-0.4, -0.2) is 29.0 Å². The molecule has 0 saturated carbocycles. The van der Waals surface area contributed by atoms with E-state index in [1.165, 1.54) is 32.3 Å². The van der Waals surface area contributed by atoms with Crippen molar-refractivity contribution in [1.82, 2.24) is 5.32 Å². The molecule has 26 heavy (non-hydrogen) atoms. The Morgan fingerprint density at radius 3 is 2.23 bits per heavy atom. The van der Waals surface area contributed by atoms with E-state index in [1.54, 1.807) is 0 Å². The minimum Gasteiger partial charge on any atom is -0.394 e. The molecule has 0 radical (unpaired) electrons. The van der Waals surface area contributed by atoms with E-state index in [0.29, 0.717) is 6.54 Å². The van der Waals surface area contributed by atoms with Crippen molar-refractivity contribution >= 4 is 32.3 Å². The zero-order valence-corrected chi connectivity index (χ0v) is 14.9. The van der Waals surface area contributed by atoms with Crippen molar-refractivity contribution in [2.24, 2.45) is 0 Å². The van der Waals surface area contributed by atoms with Gasteiger partial charge in [0.25, 0.3) is 0 Å². The van der Waals surface area contributed by atoms with Crippen molar-refractivity contribution < 1.29 is 10.2 Å². The molecule has 0 saturated heterocycles. The molecule has 3 heteroatoms. The number of aliphatic hydroxyl groups is 2. The molecule has 4 aromatic rings. The van der Waals surface area contributed by atoms with Crippen LogP contribution in [0.4, 0.5) is 0 Å². The van der Waals surface area contributed by atoms with Crippen LogP contribution in [0.1, 0.15) is 12.5 Å². The molecule has 4 aromatic carbocycles. The first-order valence-corrected chi connectivity index (χ1v) is 8.94. The first-order chi connectivity index (χ1) is 12.6. The number of fused-ring (bicyclic) bond motifs is 5. The first-order valence-electron chi connectivity index (χ1n) is 8.94. The van der Waals surface area contributed by atoms with Crippen molar-refractivity contribution in [3.63, 3.8) is 0 Å². The summed E-state index contributed by atoms with van der Waals surface area (Å²) < 4.78 is 0. The van der Waals surface area contributed by atoms with E-state index >= 15 is 0 Å². The smallest absolute Gasteiger partial charge is 0.0633 e. The average Bonchev–Trinajstić information content (AvgIpc) is 2.71. The lowest BCUT2D eigenvalue weighted by molar-refractivity contribution is 0.103. The number of nitrogens with one attached hydrogen (secondary N) is 1. The lowest BCUT2D eigenvalue weighted by atomic mass is 9.94. The van der Waals surface area contributed by atoms with Crippen molar-refractivity contribution in [2.45, 2.75) is 19.0 Å². The third-order valence-corrected chi connectivity index (χ3v) is 5.26. The molecule has 0 spiro atoms. The van der Waals surface area contributed by atoms with E-state index in [9.17, 15) is 10.2 Å². The van der Waals surface area contributed by atoms with Gasteiger partial charge in [0.05, 0.1) is 18.8 Å². The fraction of sp³-hybridized carbons (Fsp3) is 0.217. The molecule has 0 fully saturated rings. The fourth-order valence-corrected chi connectivity index (χ4v) is 3.57. The fourth-order valence-electron chi connectivity index (χ4n) is 3.57. The van der Waals surface area contributed by atoms with Crippen LogP contribution in [0.15, 0.2) is 66.7 Å². The van der Waals surface area contributed by atoms with Crippen molar-refractivity contribution in [1.29, 1.82) is 0 Å². The summed E-state index contributed by atoms with van der Waals surface area (Å²) in [7, 11) is 0. The molecule has 0 unspecified atom stereocenters. The average molecular weight is 345 g/mol. The minimum atomic E-state index is -0.695. The number of aliphatic hydroxyl groups excluding tert-OH is 2. The summed E-state index contributed by atoms with van der Waals surface area (Å²) in [4.78, 5) is 0. The standard InChI is InChI=1S/C23H23NO2/c1-23(14-25,15-26)24-13-18-7-4-6-17-10-11-20-19-8-3-2-5-16(19)9-12-21(20)22(17)18/h2-12,24-26H,13-15H2,1H3. The van der Waals surface area contributed by atoms with Crippen LogP contribution in [-0.2, 0) is 6.54 Å². The Kier molecular flexibility index (Phi) is 4.37. The van der Waals surface area contributed by atoms with Crippen LogP contribution >= 0.6 is 0 Å². The molecule has 4 rings (SSSR count). The number of hydrogen-bond donors (Lipinski definition) is 3. The Bertz CT molecular complexity index is 1080. The highest BCUT2D eigenvalue weighted by atomic mass is 16.3. The second-order valence-corrected chi connectivity index (χ2v) is 7.19. The molecule has 3 N–H and O–H groups in total. The van der Waals surface area contributed by atoms with Crippen LogP contribution in [0.3, 0.4) is 0 Å². The zero-order valence-electron chi connectivity index (χ0n) is 14.9. The van der Waals surface area contributed by atoms with Gasteiger partial charge in [-0.15, -0.1) is 0 Å². The van der Waals surface area contributed by atoms with Gasteiger partial charge in [0.2, 0.25) is 0 Å². The van der Waals surface area contributed by atoms with Gasteiger partial charge in [-0.1, -0.05) is 66.7 Å². The highest BCUT2D eigenvalue weighted by Gasteiger charge is 2.21. The third kappa shape index (κ3) is 2.84. The number of hydrogen-bond acceptors (Lipinski definition) is 3. The maximum absolute atomic E-state index is 9.54. The topological polar surface area (TPSA) is 52.5 Å². The van der Waals surface area contributed by atoms with Gasteiger partial charge in [0.1, 0.15) is 0 Å². The lowest BCUT2D eigenvalue weighted by Gasteiger charge is -2.26. The molecule has 0 heterocycles. The monoisotopic (exact) mass is 345 g/mol. The maximum atomic E-state index is 9.54. The molecular formula is C23H23NO2. The van der Waals surface area contributed by atoms with Gasteiger partial charge >= 0.3 is 0 Å². The van der Waals surface area contributed by atoms with Crippen LogP contribution in [0.5, 0.6) is 0 Å². The lowest BCUT2D eigenvalue weighted by Crippen LogP contribution is -2.48. The zero-order chi connectivity index (χ0) is 18.1. The van der Waals surface area contributed by atoms with Crippen molar-refractivity contribution in [3.05, 3.63) is 72.3 Å². The van der Waals surface area contributed by atoms with Crippen LogP contribution in [0.2, 0.25) is 0 Å². The van der Waals surface area contributed by atoms with Gasteiger partial charge in [0, 0.05) is 6.54 Å². The Hall–Kier alpha value is -2.46. The van der Waals surface area contributed by atoms with Crippen LogP contribution in [0, 0.1) is 0 Å². The second kappa shape index (κ2) is 6.69. The van der Waals surface area contributed by atoms with Crippen molar-refractivity contribution in [2.75, 3.05) is 13.2 Å². The summed E-state index contributed by atoms with van der Waals surface area (Å²) in [6.45, 7) is 2.18. The molecule has 0 aliphatic heterocycles. The van der Waals surface area contributed by atoms with Gasteiger partial charge in [-0.25, -0.2) is 0 Å². The molecule has 0 aromatic heterocycles. The quantitative estimate of drug-likeness (QED) is 0.480. The van der Waals surface area contributed by atoms with Crippen molar-refractivity contribution in [3.8, 4) is 0 Å². The molecule has 0 aliphatic rings. The van der Waals surface area contributed by atoms with Crippen LogP contribution in [0.25, 0.3) is 32.3 Å². The van der Waals surface area contributed by atoms with E-state index in [-0.39, 0.29) is 13.2 Å². The summed E-state index contributed by atoms with van der Waals surface area (Å²) in [5.41, 5.74) is 0.468. The Morgan fingerprint density at radius 1 is 0.731 bits per heavy atom. The summed E-state index contributed by atoms with van der Waals surface area (Å²) in [5, 5.41) is 29.8. The Labute approximate surface area is 152 Å². The third-order valence-electron chi connectivity index (χ3n) is 5.26. The van der Waals surface area contributed by atoms with E-state index in [4.69, 9.17) is 0 Å². The number of rotatable bonds is 5. The summed E-state index contributed by atoms with van der Waals surface area (Å²) in [5.74, 6) is 0. The predicted molar refractivity (Wildman–Crippen MR) is 108 cm³/mol. The molecule has 0 aliphatic carbocycles. The molecular weight excluding hydrogens is 322 g/mol. The van der Waals surface area contributed by atoms with E-state index < -0.39 is 5.54 Å². The first kappa shape index (κ1) is 17.0. The molecule has 0 atom stereocenters. The summed E-state index contributed by atoms with van der Waals surface area (Å²) in [6, 6.07) is 23.5. The van der Waals surface area contributed by atoms with Gasteiger partial charge in [-0.05, 0) is 44.8 Å². The Morgan fingerprint density at radius 2 is 1.42 bits per heavy atom. The number of benzene rings is 4. The molecule has 3 nitrogen and oxygen atoms in total. The highest BCUT2D eigenvalue weighted by molar-refractivity contribution is 6.18. The summed E-state index contributed by atoms with van der Waals surface area (Å²) in [6.07, 6.45) is 0. The van der Waals surface area contributed by atoms with E-state index in [1.807, 2.05) is 6.92 Å². The van der Waals surface area contributed by atoms with Gasteiger partial charge < -0.3 is 15.5 Å². The molecule has 132 valence electrons. The maximum Gasteiger partial charge on any atom is 0.0633 e. The summed E-state index contributed by atoms with van der Waals surface area (Å²) >= 11 is 0. The molecule has 0 amide bonds. The predicted octanol–water partition coefficient (Wildman–Crippen LogP) is 3.98. The van der Waals surface area contributed by atoms with E-state index in [2.05, 4.69) is 72.0 Å².